The maximum absolute atomic E-state index is 13.1. The van der Waals surface area contributed by atoms with Gasteiger partial charge >= 0.3 is 0 Å². The summed E-state index contributed by atoms with van der Waals surface area (Å²) < 4.78 is 14.6. The lowest BCUT2D eigenvalue weighted by Gasteiger charge is -2.03. The Kier molecular flexibility index (Phi) is 1.45. The topological polar surface area (TPSA) is 56.2 Å². The van der Waals surface area contributed by atoms with Gasteiger partial charge in [-0.2, -0.15) is 5.10 Å². The van der Waals surface area contributed by atoms with Gasteiger partial charge in [-0.05, 0) is 24.3 Å². The molecule has 74 valence electrons. The number of halogens is 1. The van der Waals surface area contributed by atoms with Gasteiger partial charge in [-0.1, -0.05) is 0 Å². The Labute approximate surface area is 84.1 Å². The lowest BCUT2D eigenvalue weighted by Crippen LogP contribution is -2.02. The van der Waals surface area contributed by atoms with E-state index in [-0.39, 0.29) is 5.82 Å². The van der Waals surface area contributed by atoms with Gasteiger partial charge in [-0.3, -0.25) is 0 Å². The average molecular weight is 202 g/mol. The molecule has 2 aromatic heterocycles. The zero-order valence-corrected chi connectivity index (χ0v) is 7.68. The van der Waals surface area contributed by atoms with Gasteiger partial charge < -0.3 is 5.73 Å². The minimum absolute atomic E-state index is 0.294. The van der Waals surface area contributed by atoms with Gasteiger partial charge in [-0.25, -0.2) is 13.9 Å². The van der Waals surface area contributed by atoms with Crippen molar-refractivity contribution in [1.29, 1.82) is 0 Å². The molecular weight excluding hydrogens is 195 g/mol. The van der Waals surface area contributed by atoms with Gasteiger partial charge in [0.1, 0.15) is 5.82 Å². The molecule has 0 radical (unpaired) electrons. The molecule has 0 aliphatic carbocycles. The van der Waals surface area contributed by atoms with Crippen molar-refractivity contribution in [3.8, 4) is 0 Å². The Morgan fingerprint density at radius 2 is 2.13 bits per heavy atom. The van der Waals surface area contributed by atoms with Gasteiger partial charge in [0.25, 0.3) is 0 Å². The fourth-order valence-corrected chi connectivity index (χ4v) is 1.67. The second kappa shape index (κ2) is 2.66. The quantitative estimate of drug-likeness (QED) is 0.602. The fraction of sp³-hybridized carbons (Fsp3) is 0. The van der Waals surface area contributed by atoms with Crippen molar-refractivity contribution < 1.29 is 4.39 Å². The molecule has 2 N–H and O–H groups in total. The molecule has 0 atom stereocenters. The smallest absolute Gasteiger partial charge is 0.222 e. The third kappa shape index (κ3) is 1.06. The molecule has 0 aliphatic heterocycles. The molecule has 0 saturated carbocycles. The molecule has 3 rings (SSSR count). The number of fused-ring (bicyclic) bond motifs is 3. The zero-order valence-electron chi connectivity index (χ0n) is 7.68. The first-order valence-electron chi connectivity index (χ1n) is 4.44. The number of hydrogen-bond acceptors (Lipinski definition) is 3. The Morgan fingerprint density at radius 1 is 1.27 bits per heavy atom. The van der Waals surface area contributed by atoms with Gasteiger partial charge in [0.2, 0.25) is 5.95 Å². The van der Waals surface area contributed by atoms with Crippen LogP contribution >= 0.6 is 0 Å². The van der Waals surface area contributed by atoms with Crippen LogP contribution in [0, 0.1) is 5.82 Å². The van der Waals surface area contributed by atoms with Crippen LogP contribution in [0.3, 0.4) is 0 Å². The summed E-state index contributed by atoms with van der Waals surface area (Å²) >= 11 is 0. The van der Waals surface area contributed by atoms with E-state index in [1.54, 1.807) is 18.3 Å². The Bertz CT molecular complexity index is 659. The van der Waals surface area contributed by atoms with E-state index in [9.17, 15) is 4.39 Å². The van der Waals surface area contributed by atoms with Gasteiger partial charge in [-0.15, -0.1) is 0 Å². The van der Waals surface area contributed by atoms with Crippen molar-refractivity contribution in [1.82, 2.24) is 14.6 Å². The summed E-state index contributed by atoms with van der Waals surface area (Å²) in [5, 5.41) is 4.71. The molecule has 0 aliphatic rings. The summed E-state index contributed by atoms with van der Waals surface area (Å²) in [6.45, 7) is 0. The van der Waals surface area contributed by atoms with Crippen molar-refractivity contribution in [2.75, 3.05) is 5.73 Å². The number of nitrogens with zero attached hydrogens (tertiary/aromatic N) is 3. The molecule has 0 spiro atoms. The average Bonchev–Trinajstić information content (AvgIpc) is 2.69. The van der Waals surface area contributed by atoms with Crippen LogP contribution in [-0.2, 0) is 0 Å². The summed E-state index contributed by atoms with van der Waals surface area (Å²) in [5.41, 5.74) is 7.13. The summed E-state index contributed by atoms with van der Waals surface area (Å²) in [7, 11) is 0. The maximum Gasteiger partial charge on any atom is 0.222 e. The molecule has 2 heterocycles. The number of anilines is 1. The minimum Gasteiger partial charge on any atom is -0.368 e. The predicted molar refractivity (Wildman–Crippen MR) is 54.9 cm³/mol. The van der Waals surface area contributed by atoms with Gasteiger partial charge in [0.15, 0.2) is 0 Å². The van der Waals surface area contributed by atoms with Crippen molar-refractivity contribution in [3.05, 3.63) is 36.3 Å². The van der Waals surface area contributed by atoms with E-state index in [0.717, 1.165) is 5.52 Å². The molecule has 0 unspecified atom stereocenters. The van der Waals surface area contributed by atoms with Crippen molar-refractivity contribution in [3.63, 3.8) is 0 Å². The normalized spacial score (nSPS) is 11.3. The molecule has 0 amide bonds. The number of nitrogen functional groups attached to an aromatic ring is 1. The largest absolute Gasteiger partial charge is 0.368 e. The Morgan fingerprint density at radius 3 is 3.00 bits per heavy atom. The molecule has 0 fully saturated rings. The lowest BCUT2D eigenvalue weighted by molar-refractivity contribution is 0.629. The summed E-state index contributed by atoms with van der Waals surface area (Å²) in [6, 6.07) is 6.17. The number of hydrogen-bond donors (Lipinski definition) is 1. The van der Waals surface area contributed by atoms with Crippen molar-refractivity contribution in [2.45, 2.75) is 0 Å². The van der Waals surface area contributed by atoms with Crippen LogP contribution < -0.4 is 5.73 Å². The molecule has 5 heteroatoms. The first-order chi connectivity index (χ1) is 7.25. The minimum atomic E-state index is -0.294. The monoisotopic (exact) mass is 202 g/mol. The molecule has 3 aromatic rings. The molecule has 15 heavy (non-hydrogen) atoms. The standard InChI is InChI=1S/C10H7FN4/c11-6-1-2-8-7(5-6)9-3-4-13-15(9)10(12)14-8/h1-5H,(H2,12,14). The molecule has 1 aromatic carbocycles. The van der Waals surface area contributed by atoms with Gasteiger partial charge in [0.05, 0.1) is 17.2 Å². The summed E-state index contributed by atoms with van der Waals surface area (Å²) in [4.78, 5) is 4.13. The summed E-state index contributed by atoms with van der Waals surface area (Å²) in [5.74, 6) is 0.00581. The van der Waals surface area contributed by atoms with E-state index in [1.807, 2.05) is 0 Å². The summed E-state index contributed by atoms with van der Waals surface area (Å²) in [6.07, 6.45) is 1.61. The predicted octanol–water partition coefficient (Wildman–Crippen LogP) is 1.60. The highest BCUT2D eigenvalue weighted by Crippen LogP contribution is 2.20. The lowest BCUT2D eigenvalue weighted by atomic mass is 10.2. The van der Waals surface area contributed by atoms with E-state index in [1.165, 1.54) is 16.6 Å². The highest BCUT2D eigenvalue weighted by atomic mass is 19.1. The fourth-order valence-electron chi connectivity index (χ4n) is 1.67. The van der Waals surface area contributed by atoms with Crippen molar-refractivity contribution in [2.24, 2.45) is 0 Å². The highest BCUT2D eigenvalue weighted by molar-refractivity contribution is 5.94. The number of benzene rings is 1. The van der Waals surface area contributed by atoms with Crippen LogP contribution in [0.2, 0.25) is 0 Å². The molecule has 0 saturated heterocycles. The van der Waals surface area contributed by atoms with Crippen LogP contribution in [0.1, 0.15) is 0 Å². The van der Waals surface area contributed by atoms with Crippen LogP contribution in [0.15, 0.2) is 30.5 Å². The Balaban J connectivity index is 2.61. The maximum atomic E-state index is 13.1. The SMILES string of the molecule is Nc1nc2ccc(F)cc2c2ccnn12. The third-order valence-electron chi connectivity index (χ3n) is 2.33. The molecule has 0 bridgehead atoms. The molecular formula is C10H7FN4. The zero-order chi connectivity index (χ0) is 10.4. The highest BCUT2D eigenvalue weighted by Gasteiger charge is 2.06. The number of rotatable bonds is 0. The van der Waals surface area contributed by atoms with E-state index in [2.05, 4.69) is 10.1 Å². The Hall–Kier alpha value is -2.17. The second-order valence-electron chi connectivity index (χ2n) is 3.26. The first kappa shape index (κ1) is 8.16. The van der Waals surface area contributed by atoms with Crippen molar-refractivity contribution >= 4 is 22.4 Å². The van der Waals surface area contributed by atoms with E-state index < -0.39 is 0 Å². The third-order valence-corrected chi connectivity index (χ3v) is 2.33. The van der Waals surface area contributed by atoms with Crippen LogP contribution in [-0.4, -0.2) is 14.6 Å². The number of aromatic nitrogens is 3. The second-order valence-corrected chi connectivity index (χ2v) is 3.26. The number of nitrogens with two attached hydrogens (primary N) is 1. The van der Waals surface area contributed by atoms with Gasteiger partial charge in [0, 0.05) is 5.39 Å². The van der Waals surface area contributed by atoms with E-state index in [4.69, 9.17) is 5.73 Å². The van der Waals surface area contributed by atoms with Crippen LogP contribution in [0.5, 0.6) is 0 Å². The molecule has 4 nitrogen and oxygen atoms in total. The van der Waals surface area contributed by atoms with E-state index >= 15 is 0 Å². The van der Waals surface area contributed by atoms with Crippen LogP contribution in [0.4, 0.5) is 10.3 Å². The van der Waals surface area contributed by atoms with E-state index in [0.29, 0.717) is 16.9 Å². The van der Waals surface area contributed by atoms with Crippen LogP contribution in [0.25, 0.3) is 16.4 Å². The first-order valence-corrected chi connectivity index (χ1v) is 4.44.